The molecule has 0 spiro atoms. The molecule has 0 radical (unpaired) electrons. The van der Waals surface area contributed by atoms with Crippen LogP contribution in [-0.4, -0.2) is 37.3 Å². The third kappa shape index (κ3) is 2.64. The molecule has 124 valence electrons. The van der Waals surface area contributed by atoms with E-state index in [1.54, 1.807) is 6.92 Å². The highest BCUT2D eigenvalue weighted by molar-refractivity contribution is 5.84. The van der Waals surface area contributed by atoms with Gasteiger partial charge in [-0.15, -0.1) is 0 Å². The number of aromatic nitrogens is 4. The second-order valence-corrected chi connectivity index (χ2v) is 6.29. The summed E-state index contributed by atoms with van der Waals surface area (Å²) in [4.78, 5) is 19.3. The van der Waals surface area contributed by atoms with Crippen molar-refractivity contribution < 1.29 is 9.32 Å². The smallest absolute Gasteiger partial charge is 0.230 e. The molecule has 1 fully saturated rings. The Kier molecular flexibility index (Phi) is 3.95. The van der Waals surface area contributed by atoms with Crippen molar-refractivity contribution in [3.05, 3.63) is 28.7 Å². The first-order chi connectivity index (χ1) is 10.9. The van der Waals surface area contributed by atoms with Crippen molar-refractivity contribution in [3.8, 4) is 0 Å². The van der Waals surface area contributed by atoms with E-state index in [4.69, 9.17) is 4.52 Å². The Morgan fingerprint density at radius 3 is 2.65 bits per heavy atom. The zero-order valence-corrected chi connectivity index (χ0v) is 14.3. The zero-order chi connectivity index (χ0) is 16.7. The molecule has 0 N–H and O–H groups in total. The number of nitrogens with zero attached hydrogens (tertiary/aromatic N) is 5. The van der Waals surface area contributed by atoms with E-state index in [0.29, 0.717) is 11.7 Å². The van der Waals surface area contributed by atoms with Gasteiger partial charge in [-0.2, -0.15) is 10.1 Å². The lowest BCUT2D eigenvalue weighted by molar-refractivity contribution is -0.133. The number of hydrogen-bond acceptors (Lipinski definition) is 5. The summed E-state index contributed by atoms with van der Waals surface area (Å²) in [5.74, 6) is 1.03. The van der Waals surface area contributed by atoms with Gasteiger partial charge in [0.1, 0.15) is 0 Å². The fourth-order valence-corrected chi connectivity index (χ4v) is 3.54. The first-order valence-corrected chi connectivity index (χ1v) is 8.01. The molecule has 0 aromatic carbocycles. The minimum absolute atomic E-state index is 0.0836. The van der Waals surface area contributed by atoms with Gasteiger partial charge in [-0.1, -0.05) is 5.16 Å². The summed E-state index contributed by atoms with van der Waals surface area (Å²) in [6.45, 7) is 8.41. The summed E-state index contributed by atoms with van der Waals surface area (Å²) in [5.41, 5.74) is 2.97. The molecular weight excluding hydrogens is 294 g/mol. The molecule has 1 aliphatic heterocycles. The maximum absolute atomic E-state index is 13.1. The number of rotatable bonds is 3. The number of aryl methyl sites for hydroxylation is 3. The van der Waals surface area contributed by atoms with E-state index in [9.17, 15) is 4.79 Å². The second-order valence-electron chi connectivity index (χ2n) is 6.29. The third-order valence-electron chi connectivity index (χ3n) is 4.75. The van der Waals surface area contributed by atoms with Crippen molar-refractivity contribution in [2.75, 3.05) is 6.54 Å². The van der Waals surface area contributed by atoms with Gasteiger partial charge in [-0.3, -0.25) is 9.48 Å². The van der Waals surface area contributed by atoms with Crippen LogP contribution in [0.25, 0.3) is 0 Å². The lowest BCUT2D eigenvalue weighted by Gasteiger charge is -2.26. The lowest BCUT2D eigenvalue weighted by atomic mass is 9.97. The highest BCUT2D eigenvalue weighted by atomic mass is 16.5. The summed E-state index contributed by atoms with van der Waals surface area (Å²) >= 11 is 0. The Hall–Kier alpha value is -2.18. The fourth-order valence-electron chi connectivity index (χ4n) is 3.54. The van der Waals surface area contributed by atoms with Crippen LogP contribution in [-0.2, 0) is 11.8 Å². The fraction of sp³-hybridized carbons (Fsp3) is 0.625. The summed E-state index contributed by atoms with van der Waals surface area (Å²) in [7, 11) is 1.91. The second kappa shape index (κ2) is 5.79. The Morgan fingerprint density at radius 2 is 2.09 bits per heavy atom. The molecule has 2 atom stereocenters. The van der Waals surface area contributed by atoms with Crippen molar-refractivity contribution >= 4 is 5.91 Å². The van der Waals surface area contributed by atoms with Crippen LogP contribution in [0.5, 0.6) is 0 Å². The van der Waals surface area contributed by atoms with E-state index in [1.165, 1.54) is 0 Å². The van der Waals surface area contributed by atoms with Gasteiger partial charge in [0.15, 0.2) is 5.82 Å². The predicted molar refractivity (Wildman–Crippen MR) is 83.8 cm³/mol. The van der Waals surface area contributed by atoms with Gasteiger partial charge in [-0.25, -0.2) is 0 Å². The molecule has 1 saturated heterocycles. The van der Waals surface area contributed by atoms with Crippen molar-refractivity contribution in [1.82, 2.24) is 24.8 Å². The topological polar surface area (TPSA) is 77.1 Å². The maximum Gasteiger partial charge on any atom is 0.230 e. The van der Waals surface area contributed by atoms with Crippen LogP contribution in [0.15, 0.2) is 4.52 Å². The van der Waals surface area contributed by atoms with Crippen LogP contribution in [0.4, 0.5) is 0 Å². The Bertz CT molecular complexity index is 733. The molecule has 23 heavy (non-hydrogen) atoms. The molecule has 3 heterocycles. The van der Waals surface area contributed by atoms with Crippen LogP contribution >= 0.6 is 0 Å². The average molecular weight is 317 g/mol. The highest BCUT2D eigenvalue weighted by Crippen LogP contribution is 2.34. The Labute approximate surface area is 135 Å². The predicted octanol–water partition coefficient (Wildman–Crippen LogP) is 2.20. The monoisotopic (exact) mass is 317 g/mol. The standard InChI is InChI=1S/C16H23N5O2/c1-9(14-10(2)18-20(5)11(14)3)16(22)21-8-6-7-13(21)15-17-12(4)23-19-15/h9,13H,6-8H2,1-5H3/t9-,13-/m1/s1. The average Bonchev–Trinajstić information content (AvgIpc) is 3.19. The van der Waals surface area contributed by atoms with Gasteiger partial charge >= 0.3 is 0 Å². The summed E-state index contributed by atoms with van der Waals surface area (Å²) in [5, 5.41) is 8.43. The van der Waals surface area contributed by atoms with E-state index in [0.717, 1.165) is 36.3 Å². The summed E-state index contributed by atoms with van der Waals surface area (Å²) in [6, 6.07) is -0.0836. The quantitative estimate of drug-likeness (QED) is 0.867. The maximum atomic E-state index is 13.1. The molecule has 1 aliphatic rings. The molecule has 0 saturated carbocycles. The molecule has 0 unspecified atom stereocenters. The minimum Gasteiger partial charge on any atom is -0.340 e. The first kappa shape index (κ1) is 15.7. The Balaban J connectivity index is 1.86. The molecule has 1 amide bonds. The molecule has 2 aromatic rings. The molecule has 7 nitrogen and oxygen atoms in total. The number of carbonyl (C=O) groups excluding carboxylic acids is 1. The molecule has 2 aromatic heterocycles. The van der Waals surface area contributed by atoms with Gasteiger partial charge in [0, 0.05) is 31.8 Å². The van der Waals surface area contributed by atoms with E-state index < -0.39 is 0 Å². The van der Waals surface area contributed by atoms with E-state index in [2.05, 4.69) is 15.2 Å². The highest BCUT2D eigenvalue weighted by Gasteiger charge is 2.36. The normalized spacial score (nSPS) is 19.3. The zero-order valence-electron chi connectivity index (χ0n) is 14.3. The summed E-state index contributed by atoms with van der Waals surface area (Å²) in [6.07, 6.45) is 1.84. The number of amides is 1. The van der Waals surface area contributed by atoms with Crippen LogP contribution in [0, 0.1) is 20.8 Å². The van der Waals surface area contributed by atoms with Crippen LogP contribution in [0.1, 0.15) is 60.4 Å². The number of carbonyl (C=O) groups is 1. The molecule has 0 bridgehead atoms. The van der Waals surface area contributed by atoms with Gasteiger partial charge in [0.2, 0.25) is 11.8 Å². The minimum atomic E-state index is -0.225. The third-order valence-corrected chi connectivity index (χ3v) is 4.75. The van der Waals surface area contributed by atoms with Gasteiger partial charge in [-0.05, 0) is 33.6 Å². The van der Waals surface area contributed by atoms with E-state index >= 15 is 0 Å². The number of hydrogen-bond donors (Lipinski definition) is 0. The van der Waals surface area contributed by atoms with Gasteiger partial charge in [0.05, 0.1) is 17.7 Å². The lowest BCUT2D eigenvalue weighted by Crippen LogP contribution is -2.34. The Morgan fingerprint density at radius 1 is 1.35 bits per heavy atom. The molecular formula is C16H23N5O2. The van der Waals surface area contributed by atoms with Gasteiger partial charge < -0.3 is 9.42 Å². The van der Waals surface area contributed by atoms with Gasteiger partial charge in [0.25, 0.3) is 0 Å². The van der Waals surface area contributed by atoms with Crippen LogP contribution in [0.3, 0.4) is 0 Å². The summed E-state index contributed by atoms with van der Waals surface area (Å²) < 4.78 is 6.91. The van der Waals surface area contributed by atoms with Crippen molar-refractivity contribution in [2.24, 2.45) is 7.05 Å². The SMILES string of the molecule is Cc1nc([C@H]2CCCN2C(=O)[C@H](C)c2c(C)nn(C)c2C)no1. The largest absolute Gasteiger partial charge is 0.340 e. The van der Waals surface area contributed by atoms with Crippen molar-refractivity contribution in [2.45, 2.75) is 52.5 Å². The molecule has 7 heteroatoms. The molecule has 0 aliphatic carbocycles. The van der Waals surface area contributed by atoms with E-state index in [-0.39, 0.29) is 17.9 Å². The van der Waals surface area contributed by atoms with Crippen molar-refractivity contribution in [1.29, 1.82) is 0 Å². The number of likely N-dealkylation sites (tertiary alicyclic amines) is 1. The van der Waals surface area contributed by atoms with Crippen molar-refractivity contribution in [3.63, 3.8) is 0 Å². The van der Waals surface area contributed by atoms with Crippen LogP contribution < -0.4 is 0 Å². The van der Waals surface area contributed by atoms with E-state index in [1.807, 2.05) is 37.4 Å². The van der Waals surface area contributed by atoms with Crippen LogP contribution in [0.2, 0.25) is 0 Å². The first-order valence-electron chi connectivity index (χ1n) is 8.01. The molecule has 3 rings (SSSR count).